The average molecular weight is 492 g/mol. The van der Waals surface area contributed by atoms with E-state index < -0.39 is 10.0 Å². The minimum absolute atomic E-state index is 0. The van der Waals surface area contributed by atoms with Crippen molar-refractivity contribution in [2.75, 3.05) is 7.05 Å². The molecule has 1 aromatic heterocycles. The van der Waals surface area contributed by atoms with Gasteiger partial charge in [-0.3, -0.25) is 9.67 Å². The molecule has 0 fully saturated rings. The fraction of sp³-hybridized carbons (Fsp3) is 0.375. The van der Waals surface area contributed by atoms with Gasteiger partial charge in [-0.2, -0.15) is 5.10 Å². The zero-order valence-corrected chi connectivity index (χ0v) is 18.4. The summed E-state index contributed by atoms with van der Waals surface area (Å²) >= 11 is 0. The minimum Gasteiger partial charge on any atom is -0.352 e. The van der Waals surface area contributed by atoms with Crippen LogP contribution in [0.5, 0.6) is 0 Å². The number of nitrogens with two attached hydrogens (primary N) is 1. The number of nitrogens with zero attached hydrogens (tertiary/aromatic N) is 3. The summed E-state index contributed by atoms with van der Waals surface area (Å²) in [6.45, 7) is 5.14. The number of aryl methyl sites for hydroxylation is 2. The molecule has 144 valence electrons. The van der Waals surface area contributed by atoms with Crippen LogP contribution in [0.1, 0.15) is 22.5 Å². The maximum Gasteiger partial charge on any atom is 0.238 e. The summed E-state index contributed by atoms with van der Waals surface area (Å²) in [5, 5.41) is 15.9. The highest BCUT2D eigenvalue weighted by molar-refractivity contribution is 14.0. The Morgan fingerprint density at radius 2 is 1.77 bits per heavy atom. The van der Waals surface area contributed by atoms with E-state index in [2.05, 4.69) is 20.7 Å². The number of aliphatic imine (C=N–C) groups is 1. The lowest BCUT2D eigenvalue weighted by Crippen LogP contribution is -2.36. The third kappa shape index (κ3) is 5.68. The van der Waals surface area contributed by atoms with Crippen LogP contribution in [-0.2, 0) is 30.2 Å². The quantitative estimate of drug-likeness (QED) is 0.330. The van der Waals surface area contributed by atoms with Crippen molar-refractivity contribution in [3.63, 3.8) is 0 Å². The van der Waals surface area contributed by atoms with Gasteiger partial charge in [0, 0.05) is 38.4 Å². The molecule has 0 radical (unpaired) electrons. The van der Waals surface area contributed by atoms with Crippen LogP contribution in [-0.4, -0.2) is 31.2 Å². The molecule has 2 rings (SSSR count). The van der Waals surface area contributed by atoms with Crippen LogP contribution in [0.4, 0.5) is 0 Å². The molecule has 0 unspecified atom stereocenters. The van der Waals surface area contributed by atoms with Gasteiger partial charge in [-0.05, 0) is 31.5 Å². The molecule has 10 heteroatoms. The molecule has 0 amide bonds. The molecule has 0 saturated carbocycles. The Morgan fingerprint density at radius 1 is 1.19 bits per heavy atom. The summed E-state index contributed by atoms with van der Waals surface area (Å²) in [5.41, 5.74) is 4.16. The summed E-state index contributed by atoms with van der Waals surface area (Å²) < 4.78 is 24.4. The van der Waals surface area contributed by atoms with E-state index in [1.807, 2.05) is 25.6 Å². The van der Waals surface area contributed by atoms with Crippen molar-refractivity contribution in [2.45, 2.75) is 31.8 Å². The zero-order chi connectivity index (χ0) is 18.6. The Hall–Kier alpha value is -1.66. The molecule has 8 nitrogen and oxygen atoms in total. The molecule has 0 aliphatic carbocycles. The lowest BCUT2D eigenvalue weighted by Gasteiger charge is -2.12. The number of aromatic nitrogens is 2. The number of benzene rings is 1. The first-order valence-electron chi connectivity index (χ1n) is 7.77. The highest BCUT2D eigenvalue weighted by Crippen LogP contribution is 2.11. The minimum atomic E-state index is -3.67. The Labute approximate surface area is 171 Å². The van der Waals surface area contributed by atoms with Gasteiger partial charge in [0.1, 0.15) is 0 Å². The predicted molar refractivity (Wildman–Crippen MR) is 113 cm³/mol. The van der Waals surface area contributed by atoms with Gasteiger partial charge in [-0.1, -0.05) is 12.1 Å². The van der Waals surface area contributed by atoms with E-state index in [0.717, 1.165) is 22.5 Å². The Kier molecular flexibility index (Phi) is 8.03. The van der Waals surface area contributed by atoms with Gasteiger partial charge < -0.3 is 10.6 Å². The molecule has 2 aromatic rings. The van der Waals surface area contributed by atoms with Gasteiger partial charge >= 0.3 is 0 Å². The number of rotatable bonds is 5. The Bertz CT molecular complexity index is 875. The molecule has 0 aliphatic heterocycles. The van der Waals surface area contributed by atoms with Crippen molar-refractivity contribution in [2.24, 2.45) is 17.2 Å². The van der Waals surface area contributed by atoms with Crippen molar-refractivity contribution in [1.82, 2.24) is 20.4 Å². The smallest absolute Gasteiger partial charge is 0.238 e. The van der Waals surface area contributed by atoms with Crippen molar-refractivity contribution in [3.8, 4) is 0 Å². The maximum absolute atomic E-state index is 11.3. The monoisotopic (exact) mass is 492 g/mol. The summed E-state index contributed by atoms with van der Waals surface area (Å²) in [6, 6.07) is 6.42. The summed E-state index contributed by atoms with van der Waals surface area (Å²) in [7, 11) is -0.0478. The van der Waals surface area contributed by atoms with Crippen LogP contribution in [0.2, 0.25) is 0 Å². The first-order chi connectivity index (χ1) is 11.7. The second-order valence-electron chi connectivity index (χ2n) is 5.74. The Balaban J connectivity index is 0.00000338. The molecule has 0 spiro atoms. The molecule has 26 heavy (non-hydrogen) atoms. The highest BCUT2D eigenvalue weighted by atomic mass is 127. The molecule has 0 atom stereocenters. The van der Waals surface area contributed by atoms with E-state index in [1.54, 1.807) is 19.2 Å². The van der Waals surface area contributed by atoms with Crippen molar-refractivity contribution in [1.29, 1.82) is 0 Å². The maximum atomic E-state index is 11.3. The number of hydrogen-bond acceptors (Lipinski definition) is 4. The molecular formula is C16H25IN6O2S. The van der Waals surface area contributed by atoms with Gasteiger partial charge in [0.2, 0.25) is 10.0 Å². The number of nitrogens with one attached hydrogen (secondary N) is 2. The van der Waals surface area contributed by atoms with Gasteiger partial charge in [-0.15, -0.1) is 24.0 Å². The predicted octanol–water partition coefficient (Wildman–Crippen LogP) is 1.17. The lowest BCUT2D eigenvalue weighted by atomic mass is 10.2. The van der Waals surface area contributed by atoms with Crippen LogP contribution < -0.4 is 15.8 Å². The number of primary sulfonamides is 1. The summed E-state index contributed by atoms with van der Waals surface area (Å²) in [5.74, 6) is 0.651. The van der Waals surface area contributed by atoms with Crippen LogP contribution in [0, 0.1) is 13.8 Å². The molecule has 0 bridgehead atoms. The van der Waals surface area contributed by atoms with E-state index in [4.69, 9.17) is 5.14 Å². The average Bonchev–Trinajstić information content (AvgIpc) is 2.80. The molecule has 4 N–H and O–H groups in total. The van der Waals surface area contributed by atoms with E-state index in [1.165, 1.54) is 12.1 Å². The van der Waals surface area contributed by atoms with Crippen molar-refractivity contribution < 1.29 is 8.42 Å². The van der Waals surface area contributed by atoms with Gasteiger partial charge in [0.05, 0.1) is 10.6 Å². The highest BCUT2D eigenvalue weighted by Gasteiger charge is 2.10. The van der Waals surface area contributed by atoms with E-state index in [-0.39, 0.29) is 28.9 Å². The fourth-order valence-corrected chi connectivity index (χ4v) is 2.96. The topological polar surface area (TPSA) is 114 Å². The first-order valence-corrected chi connectivity index (χ1v) is 9.32. The first kappa shape index (κ1) is 22.4. The summed E-state index contributed by atoms with van der Waals surface area (Å²) in [4.78, 5) is 4.29. The summed E-state index contributed by atoms with van der Waals surface area (Å²) in [6.07, 6.45) is 0. The van der Waals surface area contributed by atoms with Crippen molar-refractivity contribution in [3.05, 3.63) is 46.8 Å². The normalized spacial score (nSPS) is 11.8. The zero-order valence-electron chi connectivity index (χ0n) is 15.3. The second-order valence-corrected chi connectivity index (χ2v) is 7.30. The number of halogens is 1. The number of hydrogen-bond donors (Lipinski definition) is 3. The third-order valence-corrected chi connectivity index (χ3v) is 4.96. The van der Waals surface area contributed by atoms with E-state index >= 15 is 0 Å². The molecule has 1 aromatic carbocycles. The van der Waals surface area contributed by atoms with Crippen LogP contribution in [0.3, 0.4) is 0 Å². The molecular weight excluding hydrogens is 467 g/mol. The standard InChI is InChI=1S/C16H24N6O2S.HI/c1-11-15(12(2)22(4)21-11)10-20-16(18-3)19-9-13-5-7-14(8-6-13)25(17,23)24;/h5-8H,9-10H2,1-4H3,(H2,17,23,24)(H2,18,19,20);1H. The van der Waals surface area contributed by atoms with Crippen LogP contribution in [0.15, 0.2) is 34.2 Å². The second kappa shape index (κ2) is 9.33. The number of sulfonamides is 1. The fourth-order valence-electron chi connectivity index (χ4n) is 2.45. The van der Waals surface area contributed by atoms with E-state index in [0.29, 0.717) is 19.0 Å². The largest absolute Gasteiger partial charge is 0.352 e. The van der Waals surface area contributed by atoms with Crippen LogP contribution in [0.25, 0.3) is 0 Å². The van der Waals surface area contributed by atoms with Crippen LogP contribution >= 0.6 is 24.0 Å². The lowest BCUT2D eigenvalue weighted by molar-refractivity contribution is 0.597. The third-order valence-electron chi connectivity index (χ3n) is 4.03. The van der Waals surface area contributed by atoms with Gasteiger partial charge in [0.15, 0.2) is 5.96 Å². The van der Waals surface area contributed by atoms with Crippen molar-refractivity contribution >= 4 is 40.0 Å². The Morgan fingerprint density at radius 3 is 2.23 bits per heavy atom. The van der Waals surface area contributed by atoms with E-state index in [9.17, 15) is 8.42 Å². The molecule has 0 saturated heterocycles. The SMILES string of the molecule is CN=C(NCc1ccc(S(N)(=O)=O)cc1)NCc1c(C)nn(C)c1C.I. The molecule has 0 aliphatic rings. The van der Waals surface area contributed by atoms with Gasteiger partial charge in [0.25, 0.3) is 0 Å². The molecule has 1 heterocycles. The number of guanidine groups is 1. The van der Waals surface area contributed by atoms with Gasteiger partial charge in [-0.25, -0.2) is 13.6 Å².